The number of carbonyl (C=O) groups is 2. The average Bonchev–Trinajstić information content (AvgIpc) is 3.00. The molecule has 1 aromatic rings. The van der Waals surface area contributed by atoms with E-state index in [1.807, 2.05) is 13.0 Å². The molecule has 1 fully saturated rings. The number of anilines is 1. The van der Waals surface area contributed by atoms with Crippen molar-refractivity contribution in [2.75, 3.05) is 18.0 Å². The van der Waals surface area contributed by atoms with Gasteiger partial charge in [0.2, 0.25) is 0 Å². The van der Waals surface area contributed by atoms with Crippen molar-refractivity contribution in [3.8, 4) is 0 Å². The van der Waals surface area contributed by atoms with Crippen LogP contribution in [0.25, 0.3) is 0 Å². The van der Waals surface area contributed by atoms with Gasteiger partial charge in [-0.3, -0.25) is 4.90 Å². The summed E-state index contributed by atoms with van der Waals surface area (Å²) in [7, 11) is 0. The maximum atomic E-state index is 11.2. The Balaban J connectivity index is 1.84. The second-order valence-electron chi connectivity index (χ2n) is 5.75. The molecule has 3 rings (SSSR count). The van der Waals surface area contributed by atoms with Gasteiger partial charge < -0.3 is 15.1 Å². The fourth-order valence-electron chi connectivity index (χ4n) is 3.42. The highest BCUT2D eigenvalue weighted by molar-refractivity contribution is 5.80. The van der Waals surface area contributed by atoms with Crippen molar-refractivity contribution < 1.29 is 19.8 Å². The Morgan fingerprint density at radius 3 is 2.67 bits per heavy atom. The Labute approximate surface area is 122 Å². The zero-order valence-corrected chi connectivity index (χ0v) is 11.8. The predicted molar refractivity (Wildman–Crippen MR) is 76.8 cm³/mol. The van der Waals surface area contributed by atoms with E-state index in [1.54, 1.807) is 0 Å². The third-order valence-electron chi connectivity index (χ3n) is 4.42. The van der Waals surface area contributed by atoms with E-state index in [4.69, 9.17) is 5.11 Å². The molecule has 2 heterocycles. The quantitative estimate of drug-likeness (QED) is 0.864. The molecule has 2 atom stereocenters. The molecule has 1 amide bonds. The first-order valence-electron chi connectivity index (χ1n) is 7.06. The number of benzene rings is 1. The number of hydrogen-bond acceptors (Lipinski definition) is 3. The largest absolute Gasteiger partial charge is 0.480 e. The number of hydrogen-bond donors (Lipinski definition) is 2. The van der Waals surface area contributed by atoms with Gasteiger partial charge in [0.05, 0.1) is 0 Å². The molecule has 6 nitrogen and oxygen atoms in total. The van der Waals surface area contributed by atoms with Crippen LogP contribution in [0.5, 0.6) is 0 Å². The Bertz CT molecular complexity index is 579. The second kappa shape index (κ2) is 4.95. The van der Waals surface area contributed by atoms with Crippen molar-refractivity contribution in [1.82, 2.24) is 4.90 Å². The molecule has 0 aliphatic carbocycles. The van der Waals surface area contributed by atoms with E-state index in [2.05, 4.69) is 17.0 Å². The molecule has 2 aliphatic heterocycles. The van der Waals surface area contributed by atoms with Gasteiger partial charge in [-0.05, 0) is 25.0 Å². The number of amides is 1. The fraction of sp³-hybridized carbons (Fsp3) is 0.467. The lowest BCUT2D eigenvalue weighted by Crippen LogP contribution is -2.40. The minimum Gasteiger partial charge on any atom is -0.480 e. The van der Waals surface area contributed by atoms with Crippen LogP contribution >= 0.6 is 0 Å². The standard InChI is InChI=1S/C15H18N2O4/c1-9-2-3-12-10(6-9)4-5-16(12)11-7-13(14(18)19)17(8-11)15(20)21/h2-3,6,11,13H,4-5,7-8H2,1H3,(H,18,19)(H,20,21)/t11?,13-/m0/s1. The Kier molecular flexibility index (Phi) is 3.23. The van der Waals surface area contributed by atoms with E-state index in [1.165, 1.54) is 11.1 Å². The zero-order valence-electron chi connectivity index (χ0n) is 11.8. The number of carboxylic acid groups (broad SMARTS) is 2. The summed E-state index contributed by atoms with van der Waals surface area (Å²) in [4.78, 5) is 25.7. The minimum atomic E-state index is -1.16. The Morgan fingerprint density at radius 1 is 1.29 bits per heavy atom. The first kappa shape index (κ1) is 13.7. The van der Waals surface area contributed by atoms with Gasteiger partial charge >= 0.3 is 12.1 Å². The summed E-state index contributed by atoms with van der Waals surface area (Å²) >= 11 is 0. The van der Waals surface area contributed by atoms with Crippen LogP contribution in [0.15, 0.2) is 18.2 Å². The van der Waals surface area contributed by atoms with Crippen LogP contribution in [0.3, 0.4) is 0 Å². The van der Waals surface area contributed by atoms with Crippen molar-refractivity contribution in [3.63, 3.8) is 0 Å². The number of nitrogens with zero attached hydrogens (tertiary/aromatic N) is 2. The van der Waals surface area contributed by atoms with E-state index in [0.29, 0.717) is 6.42 Å². The lowest BCUT2D eigenvalue weighted by molar-refractivity contribution is -0.141. The third kappa shape index (κ3) is 2.30. The minimum absolute atomic E-state index is 0.0637. The number of carboxylic acids is 1. The third-order valence-corrected chi connectivity index (χ3v) is 4.42. The summed E-state index contributed by atoms with van der Waals surface area (Å²) in [6, 6.07) is 5.23. The van der Waals surface area contributed by atoms with Crippen molar-refractivity contribution in [1.29, 1.82) is 0 Å². The molecule has 2 aliphatic rings. The topological polar surface area (TPSA) is 81.1 Å². The van der Waals surface area contributed by atoms with Gasteiger partial charge in [0.15, 0.2) is 0 Å². The predicted octanol–water partition coefficient (Wildman–Crippen LogP) is 1.56. The monoisotopic (exact) mass is 290 g/mol. The molecule has 1 saturated heterocycles. The molecule has 112 valence electrons. The van der Waals surface area contributed by atoms with Crippen LogP contribution in [-0.2, 0) is 11.2 Å². The summed E-state index contributed by atoms with van der Waals surface area (Å²) in [5.74, 6) is -1.07. The smallest absolute Gasteiger partial charge is 0.408 e. The second-order valence-corrected chi connectivity index (χ2v) is 5.75. The fourth-order valence-corrected chi connectivity index (χ4v) is 3.42. The Hall–Kier alpha value is -2.24. The highest BCUT2D eigenvalue weighted by Gasteiger charge is 2.43. The maximum Gasteiger partial charge on any atom is 0.408 e. The van der Waals surface area contributed by atoms with Gasteiger partial charge in [-0.2, -0.15) is 0 Å². The maximum absolute atomic E-state index is 11.2. The van der Waals surface area contributed by atoms with Crippen LogP contribution in [0.4, 0.5) is 10.5 Å². The van der Waals surface area contributed by atoms with Crippen LogP contribution in [0.1, 0.15) is 17.5 Å². The molecule has 0 bridgehead atoms. The van der Waals surface area contributed by atoms with Gasteiger partial charge in [-0.15, -0.1) is 0 Å². The highest BCUT2D eigenvalue weighted by Crippen LogP contribution is 2.34. The Morgan fingerprint density at radius 2 is 2.05 bits per heavy atom. The van der Waals surface area contributed by atoms with Gasteiger partial charge in [0.25, 0.3) is 0 Å². The summed E-state index contributed by atoms with van der Waals surface area (Å²) < 4.78 is 0. The SMILES string of the molecule is Cc1ccc2c(c1)CCN2C1C[C@@H](C(=O)O)N(C(=O)O)C1. The lowest BCUT2D eigenvalue weighted by atomic mass is 10.1. The van der Waals surface area contributed by atoms with Crippen molar-refractivity contribution in [3.05, 3.63) is 29.3 Å². The lowest BCUT2D eigenvalue weighted by Gasteiger charge is -2.26. The van der Waals surface area contributed by atoms with Crippen molar-refractivity contribution in [2.24, 2.45) is 0 Å². The molecule has 0 radical (unpaired) electrons. The molecular weight excluding hydrogens is 272 g/mol. The number of aliphatic carboxylic acids is 1. The first-order valence-corrected chi connectivity index (χ1v) is 7.06. The van der Waals surface area contributed by atoms with Gasteiger partial charge in [0.1, 0.15) is 6.04 Å². The van der Waals surface area contributed by atoms with E-state index >= 15 is 0 Å². The van der Waals surface area contributed by atoms with E-state index in [9.17, 15) is 14.7 Å². The summed E-state index contributed by atoms with van der Waals surface area (Å²) in [5.41, 5.74) is 3.58. The molecule has 0 aromatic heterocycles. The van der Waals surface area contributed by atoms with E-state index < -0.39 is 18.1 Å². The van der Waals surface area contributed by atoms with Crippen LogP contribution in [0.2, 0.25) is 0 Å². The number of fused-ring (bicyclic) bond motifs is 1. The van der Waals surface area contributed by atoms with Gasteiger partial charge in [0, 0.05) is 31.2 Å². The van der Waals surface area contributed by atoms with Crippen molar-refractivity contribution >= 4 is 17.7 Å². The molecule has 2 N–H and O–H groups in total. The summed E-state index contributed by atoms with van der Waals surface area (Å²) in [6.07, 6.45) is 0.112. The van der Waals surface area contributed by atoms with Crippen LogP contribution < -0.4 is 4.90 Å². The van der Waals surface area contributed by atoms with E-state index in [0.717, 1.165) is 23.6 Å². The van der Waals surface area contributed by atoms with Gasteiger partial charge in [-0.25, -0.2) is 9.59 Å². The van der Waals surface area contributed by atoms with E-state index in [-0.39, 0.29) is 12.6 Å². The molecule has 1 aromatic carbocycles. The zero-order chi connectivity index (χ0) is 15.1. The van der Waals surface area contributed by atoms with Gasteiger partial charge in [-0.1, -0.05) is 17.7 Å². The molecule has 6 heteroatoms. The molecule has 0 spiro atoms. The average molecular weight is 290 g/mol. The van der Waals surface area contributed by atoms with Crippen LogP contribution in [-0.4, -0.2) is 52.3 Å². The molecule has 0 saturated carbocycles. The normalized spacial score (nSPS) is 24.2. The van der Waals surface area contributed by atoms with Crippen LogP contribution in [0, 0.1) is 6.92 Å². The number of rotatable bonds is 2. The highest BCUT2D eigenvalue weighted by atomic mass is 16.4. The number of likely N-dealkylation sites (tertiary alicyclic amines) is 1. The van der Waals surface area contributed by atoms with Crippen molar-refractivity contribution in [2.45, 2.75) is 31.8 Å². The number of aryl methyl sites for hydroxylation is 1. The molecule has 21 heavy (non-hydrogen) atoms. The molecular formula is C15H18N2O4. The summed E-state index contributed by atoms with van der Waals surface area (Å²) in [6.45, 7) is 3.12. The molecule has 1 unspecified atom stereocenters. The summed E-state index contributed by atoms with van der Waals surface area (Å²) in [5, 5.41) is 18.4. The first-order chi connectivity index (χ1) is 9.97.